The maximum Gasteiger partial charge on any atom is 0.229 e. The quantitative estimate of drug-likeness (QED) is 0.866. The van der Waals surface area contributed by atoms with Crippen molar-refractivity contribution in [2.45, 2.75) is 63.6 Å². The molecule has 0 bridgehead atoms. The van der Waals surface area contributed by atoms with E-state index in [0.717, 1.165) is 24.6 Å². The Morgan fingerprint density at radius 3 is 2.83 bits per heavy atom. The van der Waals surface area contributed by atoms with Crippen molar-refractivity contribution in [3.63, 3.8) is 0 Å². The van der Waals surface area contributed by atoms with E-state index >= 15 is 0 Å². The predicted octanol–water partition coefficient (Wildman–Crippen LogP) is 2.15. The number of aromatic nitrogens is 5. The van der Waals surface area contributed by atoms with Crippen molar-refractivity contribution in [2.75, 3.05) is 13.7 Å². The molecule has 4 rings (SSSR count). The molecule has 1 N–H and O–H groups in total. The van der Waals surface area contributed by atoms with Crippen molar-refractivity contribution in [2.24, 2.45) is 0 Å². The molecule has 1 aliphatic heterocycles. The molecule has 24 heavy (non-hydrogen) atoms. The van der Waals surface area contributed by atoms with Crippen molar-refractivity contribution < 1.29 is 9.26 Å². The van der Waals surface area contributed by atoms with Crippen molar-refractivity contribution in [3.05, 3.63) is 23.4 Å². The second-order valence-corrected chi connectivity index (χ2v) is 7.10. The van der Waals surface area contributed by atoms with Crippen LogP contribution in [0.5, 0.6) is 0 Å². The zero-order valence-electron chi connectivity index (χ0n) is 14.4. The van der Waals surface area contributed by atoms with Crippen LogP contribution in [0.15, 0.2) is 4.52 Å². The molecule has 1 aliphatic carbocycles. The molecule has 0 unspecified atom stereocenters. The number of likely N-dealkylation sites (tertiary alicyclic amines) is 1. The van der Waals surface area contributed by atoms with E-state index in [-0.39, 0.29) is 18.1 Å². The van der Waals surface area contributed by atoms with E-state index in [1.165, 1.54) is 12.8 Å². The Bertz CT molecular complexity index is 692. The second kappa shape index (κ2) is 6.25. The summed E-state index contributed by atoms with van der Waals surface area (Å²) in [5, 5.41) is 11.6. The summed E-state index contributed by atoms with van der Waals surface area (Å²) in [6.45, 7) is 5.54. The van der Waals surface area contributed by atoms with Gasteiger partial charge in [0.25, 0.3) is 0 Å². The Morgan fingerprint density at radius 1 is 1.33 bits per heavy atom. The Morgan fingerprint density at radius 2 is 2.17 bits per heavy atom. The van der Waals surface area contributed by atoms with Crippen LogP contribution in [0.3, 0.4) is 0 Å². The van der Waals surface area contributed by atoms with Gasteiger partial charge in [0.15, 0.2) is 11.6 Å². The Kier molecular flexibility index (Phi) is 4.09. The summed E-state index contributed by atoms with van der Waals surface area (Å²) in [6, 6.07) is 0.149. The van der Waals surface area contributed by atoms with Crippen LogP contribution in [-0.4, -0.2) is 50.0 Å². The van der Waals surface area contributed by atoms with Crippen LogP contribution in [0.4, 0.5) is 0 Å². The minimum Gasteiger partial charge on any atom is -0.380 e. The number of H-pyrrole nitrogens is 1. The highest BCUT2D eigenvalue weighted by atomic mass is 16.5. The largest absolute Gasteiger partial charge is 0.380 e. The third-order valence-electron chi connectivity index (χ3n) is 4.80. The molecule has 130 valence electrons. The number of nitrogens with one attached hydrogen (secondary N) is 1. The molecule has 1 saturated carbocycles. The molecule has 2 aromatic heterocycles. The van der Waals surface area contributed by atoms with E-state index < -0.39 is 0 Å². The van der Waals surface area contributed by atoms with Gasteiger partial charge in [-0.25, -0.2) is 4.98 Å². The molecular weight excluding hydrogens is 308 g/mol. The van der Waals surface area contributed by atoms with Crippen LogP contribution in [-0.2, 0) is 11.3 Å². The molecule has 0 spiro atoms. The van der Waals surface area contributed by atoms with Crippen molar-refractivity contribution >= 4 is 0 Å². The van der Waals surface area contributed by atoms with Gasteiger partial charge < -0.3 is 9.26 Å². The van der Waals surface area contributed by atoms with Gasteiger partial charge in [-0.3, -0.25) is 10.00 Å². The van der Waals surface area contributed by atoms with E-state index in [0.29, 0.717) is 24.2 Å². The molecular formula is C16H24N6O2. The summed E-state index contributed by atoms with van der Waals surface area (Å²) >= 11 is 0. The van der Waals surface area contributed by atoms with Crippen molar-refractivity contribution in [1.29, 1.82) is 0 Å². The first-order chi connectivity index (χ1) is 11.6. The molecule has 0 amide bonds. The maximum absolute atomic E-state index is 5.57. The molecule has 2 aliphatic rings. The van der Waals surface area contributed by atoms with Gasteiger partial charge in [-0.05, 0) is 19.3 Å². The highest BCUT2D eigenvalue weighted by molar-refractivity contribution is 5.09. The number of hydrogen-bond donors (Lipinski definition) is 1. The van der Waals surface area contributed by atoms with Crippen LogP contribution in [0.1, 0.15) is 74.4 Å². The minimum atomic E-state index is 0.149. The average molecular weight is 332 g/mol. The SMILES string of the molecule is CO[C@@H]1C[C@@H](c2nc(C3CC3)n[nH]2)N(Cc2noc(C(C)C)n2)C1. The maximum atomic E-state index is 5.57. The molecule has 1 saturated heterocycles. The lowest BCUT2D eigenvalue weighted by atomic mass is 10.2. The average Bonchev–Trinajstić information content (AvgIpc) is 3.01. The smallest absolute Gasteiger partial charge is 0.229 e. The molecule has 3 heterocycles. The highest BCUT2D eigenvalue weighted by Crippen LogP contribution is 2.39. The summed E-state index contributed by atoms with van der Waals surface area (Å²) in [7, 11) is 1.76. The van der Waals surface area contributed by atoms with E-state index in [1.807, 2.05) is 13.8 Å². The lowest BCUT2D eigenvalue weighted by molar-refractivity contribution is 0.106. The van der Waals surface area contributed by atoms with Crippen LogP contribution in [0.2, 0.25) is 0 Å². The number of methoxy groups -OCH3 is 1. The van der Waals surface area contributed by atoms with Crippen LogP contribution in [0, 0.1) is 0 Å². The second-order valence-electron chi connectivity index (χ2n) is 7.10. The van der Waals surface area contributed by atoms with E-state index in [1.54, 1.807) is 7.11 Å². The van der Waals surface area contributed by atoms with Gasteiger partial charge in [0.1, 0.15) is 5.82 Å². The third kappa shape index (κ3) is 3.08. The molecule has 8 nitrogen and oxygen atoms in total. The number of hydrogen-bond acceptors (Lipinski definition) is 7. The summed E-state index contributed by atoms with van der Waals surface area (Å²) in [6.07, 6.45) is 3.48. The Balaban J connectivity index is 1.51. The topological polar surface area (TPSA) is 93.0 Å². The zero-order valence-corrected chi connectivity index (χ0v) is 14.4. The van der Waals surface area contributed by atoms with Gasteiger partial charge in [0.2, 0.25) is 5.89 Å². The fraction of sp³-hybridized carbons (Fsp3) is 0.750. The fourth-order valence-electron chi connectivity index (χ4n) is 3.20. The molecule has 2 aromatic rings. The molecule has 0 radical (unpaired) electrons. The van der Waals surface area contributed by atoms with Crippen molar-refractivity contribution in [1.82, 2.24) is 30.2 Å². The number of ether oxygens (including phenoxy) is 1. The van der Waals surface area contributed by atoms with Gasteiger partial charge >= 0.3 is 0 Å². The summed E-state index contributed by atoms with van der Waals surface area (Å²) in [5.74, 6) is 4.05. The van der Waals surface area contributed by atoms with E-state index in [2.05, 4.69) is 25.2 Å². The summed E-state index contributed by atoms with van der Waals surface area (Å²) in [4.78, 5) is 11.5. The van der Waals surface area contributed by atoms with Crippen LogP contribution >= 0.6 is 0 Å². The predicted molar refractivity (Wildman–Crippen MR) is 85.3 cm³/mol. The molecule has 2 fully saturated rings. The standard InChI is InChI=1S/C16H24N6O2/c1-9(2)16-17-13(21-24-16)8-22-7-11(23-3)6-12(22)15-18-14(19-20-15)10-4-5-10/h9-12H,4-8H2,1-3H3,(H,18,19,20)/t11-,12+/m1/s1. The monoisotopic (exact) mass is 332 g/mol. The van der Waals surface area contributed by atoms with Gasteiger partial charge in [-0.2, -0.15) is 10.1 Å². The minimum absolute atomic E-state index is 0.149. The van der Waals surface area contributed by atoms with Crippen molar-refractivity contribution in [3.8, 4) is 0 Å². The third-order valence-corrected chi connectivity index (χ3v) is 4.80. The number of aromatic amines is 1. The van der Waals surface area contributed by atoms with Crippen LogP contribution < -0.4 is 0 Å². The highest BCUT2D eigenvalue weighted by Gasteiger charge is 2.37. The molecule has 0 aromatic carbocycles. The fourth-order valence-corrected chi connectivity index (χ4v) is 3.20. The lowest BCUT2D eigenvalue weighted by Gasteiger charge is -2.20. The van der Waals surface area contributed by atoms with Crippen LogP contribution in [0.25, 0.3) is 0 Å². The van der Waals surface area contributed by atoms with Gasteiger partial charge in [-0.1, -0.05) is 19.0 Å². The lowest BCUT2D eigenvalue weighted by Crippen LogP contribution is -2.26. The van der Waals surface area contributed by atoms with Gasteiger partial charge in [0.05, 0.1) is 18.7 Å². The van der Waals surface area contributed by atoms with E-state index in [9.17, 15) is 0 Å². The Labute approximate surface area is 141 Å². The number of nitrogens with zero attached hydrogens (tertiary/aromatic N) is 5. The van der Waals surface area contributed by atoms with E-state index in [4.69, 9.17) is 14.2 Å². The zero-order chi connectivity index (χ0) is 16.7. The van der Waals surface area contributed by atoms with Gasteiger partial charge in [0, 0.05) is 25.5 Å². The molecule has 2 atom stereocenters. The first-order valence-electron chi connectivity index (χ1n) is 8.65. The summed E-state index contributed by atoms with van der Waals surface area (Å²) < 4.78 is 10.9. The number of rotatable bonds is 6. The molecule has 8 heteroatoms. The Hall–Kier alpha value is -1.80. The first kappa shape index (κ1) is 15.7. The summed E-state index contributed by atoms with van der Waals surface area (Å²) in [5.41, 5.74) is 0. The first-order valence-corrected chi connectivity index (χ1v) is 8.65. The van der Waals surface area contributed by atoms with Gasteiger partial charge in [-0.15, -0.1) is 0 Å². The normalized spacial score (nSPS) is 25.0.